The maximum atomic E-state index is 15.4. The number of aromatic hydroxyl groups is 1. The van der Waals surface area contributed by atoms with Crippen LogP contribution in [0.5, 0.6) is 11.6 Å². The number of H-pyrrole nitrogens is 1. The van der Waals surface area contributed by atoms with E-state index in [0.717, 1.165) is 0 Å². The number of hydrogen-bond donors (Lipinski definition) is 3. The summed E-state index contributed by atoms with van der Waals surface area (Å²) in [5, 5.41) is 13.8. The van der Waals surface area contributed by atoms with Gasteiger partial charge in [0.25, 0.3) is 5.56 Å². The predicted molar refractivity (Wildman–Crippen MR) is 112 cm³/mol. The molecular formula is C21H23FN4O4. The van der Waals surface area contributed by atoms with Crippen LogP contribution in [0.3, 0.4) is 0 Å². The summed E-state index contributed by atoms with van der Waals surface area (Å²) in [6.45, 7) is 7.40. The van der Waals surface area contributed by atoms with Crippen LogP contribution in [0, 0.1) is 5.82 Å². The fourth-order valence-electron chi connectivity index (χ4n) is 4.90. The van der Waals surface area contributed by atoms with Gasteiger partial charge < -0.3 is 24.6 Å². The number of nitrogens with zero attached hydrogens (tertiary/aromatic N) is 2. The van der Waals surface area contributed by atoms with Crippen molar-refractivity contribution < 1.29 is 14.2 Å². The molecule has 1 saturated heterocycles. The van der Waals surface area contributed by atoms with Gasteiger partial charge in [-0.25, -0.2) is 4.39 Å². The summed E-state index contributed by atoms with van der Waals surface area (Å²) in [4.78, 5) is 29.4. The Kier molecular flexibility index (Phi) is 4.08. The molecular weight excluding hydrogens is 391 g/mol. The quantitative estimate of drug-likeness (QED) is 0.526. The normalized spacial score (nSPS) is 23.7. The van der Waals surface area contributed by atoms with E-state index in [0.29, 0.717) is 35.6 Å². The molecule has 0 amide bonds. The first-order valence-corrected chi connectivity index (χ1v) is 10.1. The summed E-state index contributed by atoms with van der Waals surface area (Å²) in [5.41, 5.74) is 0.0272. The first-order valence-electron chi connectivity index (χ1n) is 10.1. The minimum atomic E-state index is -0.545. The number of benzene rings is 1. The minimum Gasteiger partial charge on any atom is -0.494 e. The van der Waals surface area contributed by atoms with E-state index in [1.165, 1.54) is 12.1 Å². The summed E-state index contributed by atoms with van der Waals surface area (Å²) in [7, 11) is 0. The molecule has 3 N–H and O–H groups in total. The lowest BCUT2D eigenvalue weighted by Gasteiger charge is -2.39. The van der Waals surface area contributed by atoms with Crippen LogP contribution in [0.15, 0.2) is 21.7 Å². The molecule has 0 saturated carbocycles. The third kappa shape index (κ3) is 2.61. The van der Waals surface area contributed by atoms with Crippen molar-refractivity contribution in [1.82, 2.24) is 14.9 Å². The van der Waals surface area contributed by atoms with Gasteiger partial charge in [-0.3, -0.25) is 14.6 Å². The fraction of sp³-hybridized carbons (Fsp3) is 0.429. The fourth-order valence-corrected chi connectivity index (χ4v) is 4.90. The molecule has 2 aliphatic rings. The maximum Gasteiger partial charge on any atom is 0.252 e. The molecule has 3 aromatic rings. The molecule has 2 aliphatic heterocycles. The number of nitrogens with one attached hydrogen (secondary N) is 2. The van der Waals surface area contributed by atoms with E-state index in [-0.39, 0.29) is 35.5 Å². The highest BCUT2D eigenvalue weighted by Crippen LogP contribution is 2.43. The van der Waals surface area contributed by atoms with Crippen molar-refractivity contribution in [3.05, 3.63) is 38.5 Å². The minimum absolute atomic E-state index is 0.0293. The van der Waals surface area contributed by atoms with Crippen molar-refractivity contribution in [2.75, 3.05) is 24.6 Å². The molecule has 2 aromatic heterocycles. The number of hydrogen-bond acceptors (Lipinski definition) is 6. The molecule has 4 heterocycles. The van der Waals surface area contributed by atoms with Gasteiger partial charge >= 0.3 is 0 Å². The first-order chi connectivity index (χ1) is 14.3. The van der Waals surface area contributed by atoms with Crippen molar-refractivity contribution in [3.8, 4) is 11.6 Å². The van der Waals surface area contributed by atoms with Crippen LogP contribution in [0.2, 0.25) is 0 Å². The molecule has 30 heavy (non-hydrogen) atoms. The van der Waals surface area contributed by atoms with Crippen LogP contribution >= 0.6 is 0 Å². The van der Waals surface area contributed by atoms with E-state index in [4.69, 9.17) is 4.74 Å². The number of halogens is 1. The molecule has 158 valence electrons. The number of aromatic nitrogens is 2. The Balaban J connectivity index is 1.92. The zero-order chi connectivity index (χ0) is 21.3. The van der Waals surface area contributed by atoms with Crippen LogP contribution in [0.4, 0.5) is 10.1 Å². The van der Waals surface area contributed by atoms with Gasteiger partial charge in [0.15, 0.2) is 11.6 Å². The number of anilines is 1. The Morgan fingerprint density at radius 3 is 2.57 bits per heavy atom. The van der Waals surface area contributed by atoms with Gasteiger partial charge in [-0.05, 0) is 26.8 Å². The molecule has 3 atom stereocenters. The molecule has 8 nitrogen and oxygen atoms in total. The zero-order valence-corrected chi connectivity index (χ0v) is 17.0. The van der Waals surface area contributed by atoms with Crippen LogP contribution in [0.25, 0.3) is 21.8 Å². The third-order valence-corrected chi connectivity index (χ3v) is 5.94. The van der Waals surface area contributed by atoms with Crippen molar-refractivity contribution in [1.29, 1.82) is 0 Å². The lowest BCUT2D eigenvalue weighted by Crippen LogP contribution is -2.54. The molecule has 9 heteroatoms. The Morgan fingerprint density at radius 2 is 1.87 bits per heavy atom. The smallest absolute Gasteiger partial charge is 0.252 e. The van der Waals surface area contributed by atoms with Gasteiger partial charge in [-0.15, -0.1) is 0 Å². The number of piperazine rings is 1. The SMILES string of the molecule is CC1COc2c(N3C[C@@H](C)N[C@@H](C)C3)c(F)cc3c(=O)c4c(O)[nH]c(=O)cc4n1c23. The number of fused-ring (bicyclic) bond motifs is 2. The number of aromatic amines is 1. The second-order valence-electron chi connectivity index (χ2n) is 8.41. The van der Waals surface area contributed by atoms with Crippen LogP contribution in [0.1, 0.15) is 26.8 Å². The Morgan fingerprint density at radius 1 is 1.17 bits per heavy atom. The van der Waals surface area contributed by atoms with E-state index in [2.05, 4.69) is 10.3 Å². The number of pyridine rings is 2. The van der Waals surface area contributed by atoms with Crippen LogP contribution < -0.4 is 25.9 Å². The standard InChI is InChI=1S/C21H23FN4O4/c1-9-6-25(7-10(2)23-9)18-13(22)4-12-17-20(18)30-8-11(3)26(17)14-5-15(27)24-21(29)16(14)19(12)28/h4-5,9-11,23H,6-8H2,1-3H3,(H2,24,27,29)/t9-,10+,11?. The van der Waals surface area contributed by atoms with Crippen LogP contribution in [-0.4, -0.2) is 46.4 Å². The van der Waals surface area contributed by atoms with E-state index in [1.54, 1.807) is 4.57 Å². The van der Waals surface area contributed by atoms with Gasteiger partial charge in [0.2, 0.25) is 11.3 Å². The van der Waals surface area contributed by atoms with E-state index < -0.39 is 22.7 Å². The second-order valence-corrected chi connectivity index (χ2v) is 8.41. The van der Waals surface area contributed by atoms with Gasteiger partial charge in [-0.1, -0.05) is 0 Å². The van der Waals surface area contributed by atoms with Gasteiger partial charge in [0.1, 0.15) is 17.7 Å². The number of ether oxygens (including phenoxy) is 1. The summed E-state index contributed by atoms with van der Waals surface area (Å²) in [5.74, 6) is -0.744. The number of rotatable bonds is 1. The molecule has 0 bridgehead atoms. The topological polar surface area (TPSA) is 99.6 Å². The maximum absolute atomic E-state index is 15.4. The molecule has 0 radical (unpaired) electrons. The van der Waals surface area contributed by atoms with E-state index in [1.807, 2.05) is 25.7 Å². The summed E-state index contributed by atoms with van der Waals surface area (Å²) < 4.78 is 23.2. The van der Waals surface area contributed by atoms with E-state index >= 15 is 4.39 Å². The molecule has 0 spiro atoms. The average molecular weight is 414 g/mol. The summed E-state index contributed by atoms with van der Waals surface area (Å²) >= 11 is 0. The highest BCUT2D eigenvalue weighted by Gasteiger charge is 2.32. The molecule has 1 fully saturated rings. The van der Waals surface area contributed by atoms with Gasteiger partial charge in [0, 0.05) is 31.2 Å². The average Bonchev–Trinajstić information content (AvgIpc) is 2.65. The van der Waals surface area contributed by atoms with E-state index in [9.17, 15) is 14.7 Å². The summed E-state index contributed by atoms with van der Waals surface area (Å²) in [6.07, 6.45) is 0. The van der Waals surface area contributed by atoms with Crippen molar-refractivity contribution >= 4 is 27.5 Å². The summed E-state index contributed by atoms with van der Waals surface area (Å²) in [6, 6.07) is 2.61. The van der Waals surface area contributed by atoms with Crippen molar-refractivity contribution in [2.45, 2.75) is 38.9 Å². The van der Waals surface area contributed by atoms with Gasteiger partial charge in [0.05, 0.1) is 22.5 Å². The second kappa shape index (κ2) is 6.46. The van der Waals surface area contributed by atoms with Crippen molar-refractivity contribution in [3.63, 3.8) is 0 Å². The molecule has 1 unspecified atom stereocenters. The zero-order valence-electron chi connectivity index (χ0n) is 17.0. The molecule has 0 aliphatic carbocycles. The molecule has 5 rings (SSSR count). The largest absolute Gasteiger partial charge is 0.494 e. The highest BCUT2D eigenvalue weighted by atomic mass is 19.1. The predicted octanol–water partition coefficient (Wildman–Crippen LogP) is 1.83. The Labute approximate surface area is 170 Å². The third-order valence-electron chi connectivity index (χ3n) is 5.94. The Bertz CT molecular complexity index is 1300. The highest BCUT2D eigenvalue weighted by molar-refractivity contribution is 6.01. The first kappa shape index (κ1) is 18.9. The lowest BCUT2D eigenvalue weighted by atomic mass is 10.0. The van der Waals surface area contributed by atoms with Crippen molar-refractivity contribution in [2.24, 2.45) is 0 Å². The monoisotopic (exact) mass is 414 g/mol. The van der Waals surface area contributed by atoms with Gasteiger partial charge in [-0.2, -0.15) is 0 Å². The van der Waals surface area contributed by atoms with Crippen LogP contribution in [-0.2, 0) is 0 Å². The lowest BCUT2D eigenvalue weighted by molar-refractivity contribution is 0.249. The molecule has 1 aromatic carbocycles. The Hall–Kier alpha value is -3.07.